The van der Waals surface area contributed by atoms with Crippen LogP contribution in [0.1, 0.15) is 58.3 Å². The van der Waals surface area contributed by atoms with E-state index in [4.69, 9.17) is 0 Å². The maximum absolute atomic E-state index is 13.5. The van der Waals surface area contributed by atoms with Gasteiger partial charge < -0.3 is 19.3 Å². The number of ether oxygens (including phenoxy) is 1. The first-order chi connectivity index (χ1) is 16.9. The van der Waals surface area contributed by atoms with Crippen molar-refractivity contribution in [2.75, 3.05) is 6.54 Å². The molecule has 1 unspecified atom stereocenters. The van der Waals surface area contributed by atoms with E-state index < -0.39 is 12.3 Å². The van der Waals surface area contributed by atoms with Crippen LogP contribution in [0, 0.1) is 20.8 Å². The maximum atomic E-state index is 13.5. The Morgan fingerprint density at radius 2 is 1.83 bits per heavy atom. The Kier molecular flexibility index (Phi) is 7.02. The smallest absolute Gasteiger partial charge is 0.481 e. The summed E-state index contributed by atoms with van der Waals surface area (Å²) < 4.78 is 44.1. The number of likely N-dealkylation sites (tertiary alicyclic amines) is 1. The van der Waals surface area contributed by atoms with Gasteiger partial charge in [0.05, 0.1) is 11.9 Å². The first kappa shape index (κ1) is 25.6. The highest BCUT2D eigenvalue weighted by molar-refractivity contribution is 5.96. The lowest BCUT2D eigenvalue weighted by Gasteiger charge is -2.35. The number of carbonyl (C=O) groups is 2. The van der Waals surface area contributed by atoms with Gasteiger partial charge in [0, 0.05) is 36.3 Å². The van der Waals surface area contributed by atoms with Crippen molar-refractivity contribution in [2.45, 2.75) is 65.4 Å². The van der Waals surface area contributed by atoms with Gasteiger partial charge in [-0.15, -0.1) is 13.2 Å². The lowest BCUT2D eigenvalue weighted by Crippen LogP contribution is -2.45. The average Bonchev–Trinajstić information content (AvgIpc) is 3.18. The van der Waals surface area contributed by atoms with Crippen LogP contribution in [0.25, 0.3) is 10.9 Å². The Morgan fingerprint density at radius 1 is 1.08 bits per heavy atom. The Hall–Kier alpha value is -3.49. The number of nitrogens with zero attached hydrogens (tertiary/aromatic N) is 2. The highest BCUT2D eigenvalue weighted by Crippen LogP contribution is 2.32. The Morgan fingerprint density at radius 3 is 2.53 bits per heavy atom. The maximum Gasteiger partial charge on any atom is 0.573 e. The normalized spacial score (nSPS) is 16.4. The summed E-state index contributed by atoms with van der Waals surface area (Å²) in [4.78, 5) is 26.5. The molecule has 3 aromatic rings. The van der Waals surface area contributed by atoms with E-state index in [9.17, 15) is 27.9 Å². The van der Waals surface area contributed by atoms with E-state index >= 15 is 0 Å². The van der Waals surface area contributed by atoms with Crippen molar-refractivity contribution in [2.24, 2.45) is 0 Å². The lowest BCUT2D eigenvalue weighted by molar-refractivity contribution is -0.274. The molecule has 1 saturated heterocycles. The minimum atomic E-state index is -4.76. The predicted molar refractivity (Wildman–Crippen MR) is 129 cm³/mol. The molecule has 1 aliphatic heterocycles. The van der Waals surface area contributed by atoms with Gasteiger partial charge in [0.2, 0.25) is 0 Å². The molecule has 0 bridgehead atoms. The second kappa shape index (κ2) is 9.87. The van der Waals surface area contributed by atoms with Crippen LogP contribution in [-0.2, 0) is 11.3 Å². The minimum absolute atomic E-state index is 0.0712. The van der Waals surface area contributed by atoms with E-state index in [1.807, 2.05) is 30.7 Å². The number of benzene rings is 2. The molecule has 1 fully saturated rings. The number of rotatable bonds is 6. The number of amides is 1. The molecule has 6 nitrogen and oxygen atoms in total. The number of aromatic nitrogens is 1. The molecule has 1 atom stereocenters. The molecule has 2 heterocycles. The fraction of sp³-hybridized carbons (Fsp3) is 0.407. The summed E-state index contributed by atoms with van der Waals surface area (Å²) in [6, 6.07) is 7.84. The second-order valence-corrected chi connectivity index (χ2v) is 9.45. The summed E-state index contributed by atoms with van der Waals surface area (Å²) in [5.74, 6) is -1.34. The zero-order valence-corrected chi connectivity index (χ0v) is 20.5. The summed E-state index contributed by atoms with van der Waals surface area (Å²) in [6.45, 7) is 6.54. The van der Waals surface area contributed by atoms with Crippen molar-refractivity contribution >= 4 is 22.8 Å². The van der Waals surface area contributed by atoms with E-state index in [1.165, 1.54) is 12.1 Å². The molecule has 1 N–H and O–H groups in total. The number of hydrogen-bond acceptors (Lipinski definition) is 3. The van der Waals surface area contributed by atoms with Crippen molar-refractivity contribution < 1.29 is 32.6 Å². The van der Waals surface area contributed by atoms with Crippen LogP contribution in [0.4, 0.5) is 13.2 Å². The van der Waals surface area contributed by atoms with Gasteiger partial charge in [0.15, 0.2) is 0 Å². The van der Waals surface area contributed by atoms with Gasteiger partial charge in [-0.25, -0.2) is 0 Å². The molecule has 0 radical (unpaired) electrons. The average molecular weight is 503 g/mol. The molecule has 1 aliphatic rings. The molecule has 192 valence electrons. The standard InChI is InChI=1S/C27H29F3N2O4/c1-16-7-8-22(26(35)32-10-5-4-6-20(32)14-24(33)34)18(3)23(16)15-31-11-9-19-13-21(36-27(28,29)30)12-17(2)25(19)31/h7-9,11-13,20H,4-6,10,14-15H2,1-3H3,(H,33,34). The molecule has 0 saturated carbocycles. The van der Waals surface area contributed by atoms with Gasteiger partial charge in [-0.05, 0) is 86.6 Å². The number of aryl methyl sites for hydroxylation is 2. The van der Waals surface area contributed by atoms with E-state index in [-0.39, 0.29) is 24.1 Å². The molecule has 0 spiro atoms. The quantitative estimate of drug-likeness (QED) is 0.450. The molecule has 0 aliphatic carbocycles. The minimum Gasteiger partial charge on any atom is -0.481 e. The van der Waals surface area contributed by atoms with E-state index in [0.717, 1.165) is 35.0 Å². The third-order valence-corrected chi connectivity index (χ3v) is 6.95. The Labute approximate surface area is 207 Å². The number of carbonyl (C=O) groups excluding carboxylic acids is 1. The first-order valence-corrected chi connectivity index (χ1v) is 11.9. The summed E-state index contributed by atoms with van der Waals surface area (Å²) in [6.07, 6.45) is -0.607. The number of hydrogen-bond donors (Lipinski definition) is 1. The zero-order chi connectivity index (χ0) is 26.2. The SMILES string of the molecule is Cc1ccc(C(=O)N2CCCCC2CC(=O)O)c(C)c1Cn1ccc2cc(OC(F)(F)F)cc(C)c21. The largest absolute Gasteiger partial charge is 0.573 e. The highest BCUT2D eigenvalue weighted by atomic mass is 19.4. The van der Waals surface area contributed by atoms with Gasteiger partial charge in [-0.2, -0.15) is 0 Å². The van der Waals surface area contributed by atoms with Crippen molar-refractivity contribution in [1.29, 1.82) is 0 Å². The predicted octanol–water partition coefficient (Wildman–Crippen LogP) is 5.98. The van der Waals surface area contributed by atoms with Crippen LogP contribution < -0.4 is 4.74 Å². The molecule has 4 rings (SSSR count). The number of alkyl halides is 3. The van der Waals surface area contributed by atoms with Crippen molar-refractivity contribution in [3.05, 3.63) is 64.3 Å². The second-order valence-electron chi connectivity index (χ2n) is 9.45. The fourth-order valence-corrected chi connectivity index (χ4v) is 5.24. The molecular formula is C27H29F3N2O4. The first-order valence-electron chi connectivity index (χ1n) is 11.9. The van der Waals surface area contributed by atoms with Crippen LogP contribution in [0.3, 0.4) is 0 Å². The van der Waals surface area contributed by atoms with Crippen molar-refractivity contribution in [1.82, 2.24) is 9.47 Å². The van der Waals surface area contributed by atoms with E-state index in [0.29, 0.717) is 36.0 Å². The molecule has 36 heavy (non-hydrogen) atoms. The number of fused-ring (bicyclic) bond motifs is 1. The molecular weight excluding hydrogens is 473 g/mol. The lowest BCUT2D eigenvalue weighted by atomic mass is 9.94. The fourth-order valence-electron chi connectivity index (χ4n) is 5.24. The van der Waals surface area contributed by atoms with E-state index in [1.54, 1.807) is 24.0 Å². The molecule has 1 amide bonds. The highest BCUT2D eigenvalue weighted by Gasteiger charge is 2.32. The van der Waals surface area contributed by atoms with Gasteiger partial charge in [0.25, 0.3) is 5.91 Å². The monoisotopic (exact) mass is 502 g/mol. The van der Waals surface area contributed by atoms with Gasteiger partial charge >= 0.3 is 12.3 Å². The topological polar surface area (TPSA) is 71.8 Å². The summed E-state index contributed by atoms with van der Waals surface area (Å²) >= 11 is 0. The molecule has 1 aromatic heterocycles. The zero-order valence-electron chi connectivity index (χ0n) is 20.5. The number of carboxylic acids is 1. The molecule has 2 aromatic carbocycles. The van der Waals surface area contributed by atoms with Crippen molar-refractivity contribution in [3.8, 4) is 5.75 Å². The summed E-state index contributed by atoms with van der Waals surface area (Å²) in [5.41, 5.74) is 4.72. The number of aliphatic carboxylic acids is 1. The molecule has 9 heteroatoms. The Bertz CT molecular complexity index is 1310. The van der Waals surface area contributed by atoms with Gasteiger partial charge in [-0.3, -0.25) is 9.59 Å². The van der Waals surface area contributed by atoms with Crippen LogP contribution >= 0.6 is 0 Å². The van der Waals surface area contributed by atoms with E-state index in [2.05, 4.69) is 4.74 Å². The van der Waals surface area contributed by atoms with Crippen molar-refractivity contribution in [3.63, 3.8) is 0 Å². The summed E-state index contributed by atoms with van der Waals surface area (Å²) in [5, 5.41) is 9.92. The third-order valence-electron chi connectivity index (χ3n) is 6.95. The van der Waals surface area contributed by atoms with Crippen LogP contribution in [0.5, 0.6) is 5.75 Å². The number of carboxylic acid groups (broad SMARTS) is 1. The third kappa shape index (κ3) is 5.34. The van der Waals surface area contributed by atoms with Gasteiger partial charge in [-0.1, -0.05) is 6.07 Å². The number of piperidine rings is 1. The van der Waals surface area contributed by atoms with Gasteiger partial charge in [0.1, 0.15) is 5.75 Å². The van der Waals surface area contributed by atoms with Crippen LogP contribution in [0.15, 0.2) is 36.5 Å². The van der Waals surface area contributed by atoms with Crippen LogP contribution in [0.2, 0.25) is 0 Å². The number of halogens is 3. The summed E-state index contributed by atoms with van der Waals surface area (Å²) in [7, 11) is 0. The Balaban J connectivity index is 1.66. The van der Waals surface area contributed by atoms with Crippen LogP contribution in [-0.4, -0.2) is 45.4 Å².